The molecule has 0 heterocycles. The third-order valence-electron chi connectivity index (χ3n) is 2.81. The molecule has 0 aromatic carbocycles. The van der Waals surface area contributed by atoms with Gasteiger partial charge in [0, 0.05) is 12.5 Å². The average Bonchev–Trinajstić information content (AvgIpc) is 1.96. The predicted molar refractivity (Wildman–Crippen MR) is 52.2 cm³/mol. The minimum atomic E-state index is -0.677. The van der Waals surface area contributed by atoms with E-state index in [1.807, 2.05) is 0 Å². The summed E-state index contributed by atoms with van der Waals surface area (Å²) in [4.78, 5) is 0. The summed E-state index contributed by atoms with van der Waals surface area (Å²) in [7, 11) is 0. The fourth-order valence-electron chi connectivity index (χ4n) is 2.22. The summed E-state index contributed by atoms with van der Waals surface area (Å²) in [6, 6.07) is -0.146. The molecule has 1 unspecified atom stereocenters. The Kier molecular flexibility index (Phi) is 3.33. The first-order valence-electron chi connectivity index (χ1n) is 5.09. The summed E-state index contributed by atoms with van der Waals surface area (Å²) in [6.45, 7) is 4.16. The zero-order valence-corrected chi connectivity index (χ0v) is 8.53. The molecule has 0 bridgehead atoms. The van der Waals surface area contributed by atoms with Crippen LogP contribution in [0.5, 0.6) is 0 Å². The van der Waals surface area contributed by atoms with Crippen LogP contribution in [0.2, 0.25) is 0 Å². The van der Waals surface area contributed by atoms with Crippen molar-refractivity contribution in [1.29, 1.82) is 0 Å². The molecule has 3 heteroatoms. The van der Waals surface area contributed by atoms with Crippen molar-refractivity contribution in [3.05, 3.63) is 0 Å². The lowest BCUT2D eigenvalue weighted by Gasteiger charge is -2.39. The van der Waals surface area contributed by atoms with Crippen LogP contribution in [0, 0.1) is 5.92 Å². The lowest BCUT2D eigenvalue weighted by molar-refractivity contribution is -0.0647. The van der Waals surface area contributed by atoms with E-state index in [4.69, 9.17) is 5.73 Å². The Morgan fingerprint density at radius 1 is 1.54 bits per heavy atom. The quantitative estimate of drug-likeness (QED) is 0.594. The molecule has 0 amide bonds. The Labute approximate surface area is 79.9 Å². The van der Waals surface area contributed by atoms with Crippen LogP contribution in [0.3, 0.4) is 0 Å². The first-order valence-corrected chi connectivity index (χ1v) is 5.09. The second-order valence-corrected chi connectivity index (χ2v) is 4.80. The van der Waals surface area contributed by atoms with Crippen LogP contribution in [0.4, 0.5) is 0 Å². The molecule has 78 valence electrons. The second-order valence-electron chi connectivity index (χ2n) is 4.80. The smallest absolute Gasteiger partial charge is 0.0718 e. The Morgan fingerprint density at radius 2 is 2.15 bits per heavy atom. The van der Waals surface area contributed by atoms with Gasteiger partial charge in [0.1, 0.15) is 0 Å². The highest BCUT2D eigenvalue weighted by Gasteiger charge is 2.37. The van der Waals surface area contributed by atoms with Crippen LogP contribution in [0.15, 0.2) is 0 Å². The summed E-state index contributed by atoms with van der Waals surface area (Å²) >= 11 is 0. The number of hydrogen-bond acceptors (Lipinski definition) is 3. The summed E-state index contributed by atoms with van der Waals surface area (Å²) < 4.78 is 0. The summed E-state index contributed by atoms with van der Waals surface area (Å²) in [6.07, 6.45) is 2.12. The molecule has 0 radical (unpaired) electrons. The van der Waals surface area contributed by atoms with Gasteiger partial charge in [0.2, 0.25) is 0 Å². The van der Waals surface area contributed by atoms with Gasteiger partial charge in [0.25, 0.3) is 0 Å². The van der Waals surface area contributed by atoms with Crippen LogP contribution in [0.1, 0.15) is 39.5 Å². The molecule has 1 aliphatic carbocycles. The Bertz CT molecular complexity index is 172. The van der Waals surface area contributed by atoms with Gasteiger partial charge < -0.3 is 15.9 Å². The standard InChI is InChI=1S/C10H21NO2/c1-7(2)5-10(13)4-3-8(11)9(12)6-10/h7-9,12-13H,3-6,11H2,1-2H3/t8-,9-,10?/m1/s1. The van der Waals surface area contributed by atoms with E-state index in [1.165, 1.54) is 0 Å². The van der Waals surface area contributed by atoms with E-state index in [1.54, 1.807) is 0 Å². The van der Waals surface area contributed by atoms with Gasteiger partial charge in [-0.05, 0) is 25.2 Å². The van der Waals surface area contributed by atoms with Gasteiger partial charge >= 0.3 is 0 Å². The van der Waals surface area contributed by atoms with Gasteiger partial charge in [0.05, 0.1) is 11.7 Å². The highest BCUT2D eigenvalue weighted by Crippen LogP contribution is 2.32. The molecule has 3 atom stereocenters. The van der Waals surface area contributed by atoms with E-state index in [-0.39, 0.29) is 6.04 Å². The number of aliphatic hydroxyl groups is 2. The highest BCUT2D eigenvalue weighted by molar-refractivity contribution is 4.92. The zero-order valence-electron chi connectivity index (χ0n) is 8.53. The fraction of sp³-hybridized carbons (Fsp3) is 1.00. The minimum Gasteiger partial charge on any atom is -0.391 e. The Balaban J connectivity index is 2.51. The van der Waals surface area contributed by atoms with Crippen LogP contribution >= 0.6 is 0 Å². The van der Waals surface area contributed by atoms with Crippen molar-refractivity contribution >= 4 is 0 Å². The molecule has 1 aliphatic rings. The second kappa shape index (κ2) is 3.95. The van der Waals surface area contributed by atoms with Gasteiger partial charge in [0.15, 0.2) is 0 Å². The van der Waals surface area contributed by atoms with Crippen molar-refractivity contribution in [3.8, 4) is 0 Å². The fourth-order valence-corrected chi connectivity index (χ4v) is 2.22. The lowest BCUT2D eigenvalue weighted by atomic mass is 9.76. The summed E-state index contributed by atoms with van der Waals surface area (Å²) in [5.41, 5.74) is 4.99. The molecule has 1 saturated carbocycles. The van der Waals surface area contributed by atoms with E-state index < -0.39 is 11.7 Å². The first kappa shape index (κ1) is 11.0. The zero-order chi connectivity index (χ0) is 10.1. The third-order valence-corrected chi connectivity index (χ3v) is 2.81. The van der Waals surface area contributed by atoms with Crippen molar-refractivity contribution in [1.82, 2.24) is 0 Å². The van der Waals surface area contributed by atoms with Crippen molar-refractivity contribution in [3.63, 3.8) is 0 Å². The van der Waals surface area contributed by atoms with Crippen molar-refractivity contribution in [2.75, 3.05) is 0 Å². The van der Waals surface area contributed by atoms with Gasteiger partial charge in [-0.3, -0.25) is 0 Å². The van der Waals surface area contributed by atoms with E-state index in [9.17, 15) is 10.2 Å². The van der Waals surface area contributed by atoms with E-state index in [0.717, 1.165) is 19.3 Å². The van der Waals surface area contributed by atoms with Crippen molar-refractivity contribution < 1.29 is 10.2 Å². The minimum absolute atomic E-state index is 0.146. The maximum atomic E-state index is 10.1. The maximum Gasteiger partial charge on any atom is 0.0718 e. The topological polar surface area (TPSA) is 66.5 Å². The van der Waals surface area contributed by atoms with E-state index in [2.05, 4.69) is 13.8 Å². The van der Waals surface area contributed by atoms with Crippen LogP contribution < -0.4 is 5.73 Å². The van der Waals surface area contributed by atoms with E-state index >= 15 is 0 Å². The normalized spacial score (nSPS) is 41.1. The van der Waals surface area contributed by atoms with Gasteiger partial charge in [-0.2, -0.15) is 0 Å². The van der Waals surface area contributed by atoms with Gasteiger partial charge in [-0.25, -0.2) is 0 Å². The Hall–Kier alpha value is -0.120. The third kappa shape index (κ3) is 2.93. The molecule has 4 N–H and O–H groups in total. The molecule has 13 heavy (non-hydrogen) atoms. The maximum absolute atomic E-state index is 10.1. The summed E-state index contributed by atoms with van der Waals surface area (Å²) in [5.74, 6) is 0.464. The molecule has 0 aromatic rings. The van der Waals surface area contributed by atoms with Crippen LogP contribution in [0.25, 0.3) is 0 Å². The Morgan fingerprint density at radius 3 is 2.62 bits per heavy atom. The summed E-state index contributed by atoms with van der Waals surface area (Å²) in [5, 5.41) is 19.7. The monoisotopic (exact) mass is 187 g/mol. The van der Waals surface area contributed by atoms with Crippen LogP contribution in [-0.4, -0.2) is 28.0 Å². The number of aliphatic hydroxyl groups excluding tert-OH is 1. The van der Waals surface area contributed by atoms with E-state index in [0.29, 0.717) is 12.3 Å². The average molecular weight is 187 g/mol. The van der Waals surface area contributed by atoms with Gasteiger partial charge in [-0.15, -0.1) is 0 Å². The lowest BCUT2D eigenvalue weighted by Crippen LogP contribution is -2.48. The molecular weight excluding hydrogens is 166 g/mol. The largest absolute Gasteiger partial charge is 0.391 e. The molecule has 0 aromatic heterocycles. The number of rotatable bonds is 2. The molecule has 0 aliphatic heterocycles. The number of hydrogen-bond donors (Lipinski definition) is 3. The van der Waals surface area contributed by atoms with Gasteiger partial charge in [-0.1, -0.05) is 13.8 Å². The first-order chi connectivity index (χ1) is 5.93. The number of nitrogens with two attached hydrogens (primary N) is 1. The molecule has 1 rings (SSSR count). The molecule has 3 nitrogen and oxygen atoms in total. The molecule has 0 saturated heterocycles. The predicted octanol–water partition coefficient (Wildman–Crippen LogP) is 0.636. The van der Waals surface area contributed by atoms with Crippen molar-refractivity contribution in [2.24, 2.45) is 11.7 Å². The SMILES string of the molecule is CC(C)CC1(O)CC[C@@H](N)[C@H](O)C1. The van der Waals surface area contributed by atoms with Crippen molar-refractivity contribution in [2.45, 2.75) is 57.3 Å². The highest BCUT2D eigenvalue weighted by atomic mass is 16.3. The molecule has 1 fully saturated rings. The molecular formula is C10H21NO2. The van der Waals surface area contributed by atoms with Crippen LogP contribution in [-0.2, 0) is 0 Å². The molecule has 0 spiro atoms.